The summed E-state index contributed by atoms with van der Waals surface area (Å²) in [5.41, 5.74) is 3.27. The molecule has 0 spiro atoms. The Morgan fingerprint density at radius 3 is 2.45 bits per heavy atom. The highest BCUT2D eigenvalue weighted by Gasteiger charge is 2.13. The van der Waals surface area contributed by atoms with Gasteiger partial charge in [0.2, 0.25) is 0 Å². The number of carbonyl (C=O) groups is 1. The van der Waals surface area contributed by atoms with Crippen molar-refractivity contribution in [2.24, 2.45) is 0 Å². The van der Waals surface area contributed by atoms with Crippen LogP contribution in [0.4, 0.5) is 10.5 Å². The van der Waals surface area contributed by atoms with Crippen molar-refractivity contribution in [2.45, 2.75) is 32.6 Å². The Bertz CT molecular complexity index is 600. The molecular formula is C18H23N3O. The van der Waals surface area contributed by atoms with Crippen molar-refractivity contribution in [1.29, 1.82) is 0 Å². The van der Waals surface area contributed by atoms with Crippen molar-refractivity contribution in [3.63, 3.8) is 0 Å². The zero-order valence-electron chi connectivity index (χ0n) is 13.4. The monoisotopic (exact) mass is 297 g/mol. The van der Waals surface area contributed by atoms with Gasteiger partial charge in [-0.05, 0) is 41.2 Å². The lowest BCUT2D eigenvalue weighted by Crippen LogP contribution is -2.30. The number of nitrogens with zero attached hydrogens (tertiary/aromatic N) is 1. The predicted octanol–water partition coefficient (Wildman–Crippen LogP) is 3.74. The van der Waals surface area contributed by atoms with Crippen molar-refractivity contribution < 1.29 is 4.79 Å². The Balaban J connectivity index is 1.79. The van der Waals surface area contributed by atoms with Gasteiger partial charge in [-0.25, -0.2) is 4.79 Å². The molecule has 0 atom stereocenters. The van der Waals surface area contributed by atoms with E-state index in [4.69, 9.17) is 0 Å². The van der Waals surface area contributed by atoms with Crippen LogP contribution in [0.25, 0.3) is 0 Å². The molecule has 2 aromatic rings. The molecule has 0 bridgehead atoms. The normalized spacial score (nSPS) is 11.0. The van der Waals surface area contributed by atoms with Crippen molar-refractivity contribution in [1.82, 2.24) is 10.3 Å². The van der Waals surface area contributed by atoms with E-state index in [9.17, 15) is 4.79 Å². The minimum absolute atomic E-state index is 0.116. The summed E-state index contributed by atoms with van der Waals surface area (Å²) in [6, 6.07) is 11.7. The minimum Gasteiger partial charge on any atom is -0.338 e. The molecule has 0 fully saturated rings. The summed E-state index contributed by atoms with van der Waals surface area (Å²) in [4.78, 5) is 15.9. The zero-order chi connectivity index (χ0) is 16.0. The topological polar surface area (TPSA) is 54.0 Å². The number of carbonyl (C=O) groups excluding carboxylic acids is 1. The third-order valence-corrected chi connectivity index (χ3v) is 3.43. The molecule has 1 heterocycles. The van der Waals surface area contributed by atoms with E-state index in [1.807, 2.05) is 42.6 Å². The van der Waals surface area contributed by atoms with Crippen molar-refractivity contribution >= 4 is 11.7 Å². The molecule has 2 amide bonds. The molecule has 0 aliphatic carbocycles. The predicted molar refractivity (Wildman–Crippen MR) is 90.1 cm³/mol. The van der Waals surface area contributed by atoms with Gasteiger partial charge in [-0.2, -0.15) is 0 Å². The van der Waals surface area contributed by atoms with Crippen LogP contribution in [-0.4, -0.2) is 17.6 Å². The second kappa shape index (κ2) is 7.07. The van der Waals surface area contributed by atoms with Crippen LogP contribution in [0.15, 0.2) is 48.8 Å². The first-order valence-corrected chi connectivity index (χ1v) is 7.49. The maximum atomic E-state index is 11.8. The summed E-state index contributed by atoms with van der Waals surface area (Å²) in [5, 5.41) is 5.69. The smallest absolute Gasteiger partial charge is 0.319 e. The molecule has 4 heteroatoms. The Hall–Kier alpha value is -2.36. The Morgan fingerprint density at radius 1 is 1.14 bits per heavy atom. The van der Waals surface area contributed by atoms with Crippen molar-refractivity contribution in [2.75, 3.05) is 11.9 Å². The van der Waals surface area contributed by atoms with E-state index in [0.717, 1.165) is 17.7 Å². The lowest BCUT2D eigenvalue weighted by molar-refractivity contribution is 0.252. The first kappa shape index (κ1) is 16.0. The molecule has 2 rings (SSSR count). The Morgan fingerprint density at radius 2 is 1.86 bits per heavy atom. The van der Waals surface area contributed by atoms with Gasteiger partial charge in [-0.15, -0.1) is 0 Å². The highest BCUT2D eigenvalue weighted by Crippen LogP contribution is 2.23. The van der Waals surface area contributed by atoms with Gasteiger partial charge in [-0.1, -0.05) is 39.0 Å². The van der Waals surface area contributed by atoms with Gasteiger partial charge in [0.15, 0.2) is 0 Å². The molecule has 1 aromatic heterocycles. The summed E-state index contributed by atoms with van der Waals surface area (Å²) < 4.78 is 0. The molecule has 22 heavy (non-hydrogen) atoms. The molecule has 0 aliphatic rings. The largest absolute Gasteiger partial charge is 0.338 e. The first-order valence-electron chi connectivity index (χ1n) is 7.49. The van der Waals surface area contributed by atoms with E-state index in [1.165, 1.54) is 5.56 Å². The zero-order valence-corrected chi connectivity index (χ0v) is 13.4. The third-order valence-electron chi connectivity index (χ3n) is 3.43. The molecule has 0 unspecified atom stereocenters. The Kier molecular flexibility index (Phi) is 5.15. The second-order valence-corrected chi connectivity index (χ2v) is 6.32. The number of rotatable bonds is 4. The number of amides is 2. The number of aromatic nitrogens is 1. The highest BCUT2D eigenvalue weighted by atomic mass is 16.2. The maximum absolute atomic E-state index is 11.8. The fourth-order valence-electron chi connectivity index (χ4n) is 2.10. The number of hydrogen-bond acceptors (Lipinski definition) is 2. The van der Waals surface area contributed by atoms with E-state index in [-0.39, 0.29) is 11.4 Å². The van der Waals surface area contributed by atoms with E-state index >= 15 is 0 Å². The SMILES string of the molecule is CC(C)(C)c1ccc(NC(=O)NCCc2cccnc2)cc1. The lowest BCUT2D eigenvalue weighted by Gasteiger charge is -2.19. The van der Waals surface area contributed by atoms with Crippen LogP contribution >= 0.6 is 0 Å². The standard InChI is InChI=1S/C18H23N3O/c1-18(2,3)15-6-8-16(9-7-15)21-17(22)20-12-10-14-5-4-11-19-13-14/h4-9,11,13H,10,12H2,1-3H3,(H2,20,21,22). The molecule has 2 N–H and O–H groups in total. The van der Waals surface area contributed by atoms with Crippen LogP contribution in [0, 0.1) is 0 Å². The summed E-state index contributed by atoms with van der Waals surface area (Å²) in [6.45, 7) is 7.08. The molecule has 0 saturated carbocycles. The molecular weight excluding hydrogens is 274 g/mol. The van der Waals surface area contributed by atoms with Crippen molar-refractivity contribution in [3.8, 4) is 0 Å². The number of pyridine rings is 1. The van der Waals surface area contributed by atoms with Gasteiger partial charge < -0.3 is 10.6 Å². The fourth-order valence-corrected chi connectivity index (χ4v) is 2.10. The summed E-state index contributed by atoms with van der Waals surface area (Å²) >= 11 is 0. The van der Waals surface area contributed by atoms with Gasteiger partial charge in [0, 0.05) is 24.6 Å². The van der Waals surface area contributed by atoms with E-state index in [2.05, 4.69) is 36.4 Å². The molecule has 1 aromatic carbocycles. The molecule has 116 valence electrons. The quantitative estimate of drug-likeness (QED) is 0.903. The molecule has 0 radical (unpaired) electrons. The lowest BCUT2D eigenvalue weighted by atomic mass is 9.87. The number of nitrogens with one attached hydrogen (secondary N) is 2. The van der Waals surface area contributed by atoms with E-state index in [0.29, 0.717) is 6.54 Å². The summed E-state index contributed by atoms with van der Waals surface area (Å²) in [6.07, 6.45) is 4.32. The molecule has 0 aliphatic heterocycles. The third kappa shape index (κ3) is 4.88. The molecule has 4 nitrogen and oxygen atoms in total. The summed E-state index contributed by atoms with van der Waals surface area (Å²) in [5.74, 6) is 0. The van der Waals surface area contributed by atoms with Crippen LogP contribution in [0.1, 0.15) is 31.9 Å². The van der Waals surface area contributed by atoms with Gasteiger partial charge in [-0.3, -0.25) is 4.98 Å². The van der Waals surface area contributed by atoms with Crippen LogP contribution in [0.5, 0.6) is 0 Å². The maximum Gasteiger partial charge on any atom is 0.319 e. The van der Waals surface area contributed by atoms with Crippen LogP contribution in [0.2, 0.25) is 0 Å². The number of hydrogen-bond donors (Lipinski definition) is 2. The average Bonchev–Trinajstić information content (AvgIpc) is 2.48. The van der Waals surface area contributed by atoms with Crippen LogP contribution in [-0.2, 0) is 11.8 Å². The Labute approximate surface area is 132 Å². The van der Waals surface area contributed by atoms with Crippen molar-refractivity contribution in [3.05, 3.63) is 59.9 Å². The fraction of sp³-hybridized carbons (Fsp3) is 0.333. The summed E-state index contributed by atoms with van der Waals surface area (Å²) in [7, 11) is 0. The van der Waals surface area contributed by atoms with E-state index in [1.54, 1.807) is 6.20 Å². The van der Waals surface area contributed by atoms with Gasteiger partial charge in [0.05, 0.1) is 0 Å². The van der Waals surface area contributed by atoms with Gasteiger partial charge >= 0.3 is 6.03 Å². The second-order valence-electron chi connectivity index (χ2n) is 6.32. The van der Waals surface area contributed by atoms with Gasteiger partial charge in [0.1, 0.15) is 0 Å². The van der Waals surface area contributed by atoms with Gasteiger partial charge in [0.25, 0.3) is 0 Å². The average molecular weight is 297 g/mol. The number of anilines is 1. The minimum atomic E-state index is -0.188. The first-order chi connectivity index (χ1) is 10.4. The van der Waals surface area contributed by atoms with E-state index < -0.39 is 0 Å². The molecule has 0 saturated heterocycles. The van der Waals surface area contributed by atoms with Crippen LogP contribution in [0.3, 0.4) is 0 Å². The number of benzene rings is 1. The highest BCUT2D eigenvalue weighted by molar-refractivity contribution is 5.89. The number of urea groups is 1. The van der Waals surface area contributed by atoms with Crippen LogP contribution < -0.4 is 10.6 Å².